The zero-order valence-corrected chi connectivity index (χ0v) is 21.0. The molecule has 8 N–H and O–H groups in total. The monoisotopic (exact) mass is 539 g/mol. The highest BCUT2D eigenvalue weighted by atomic mass is 16.5. The summed E-state index contributed by atoms with van der Waals surface area (Å²) in [5.74, 6) is -1.19. The number of aliphatic hydroxyl groups excluding tert-OH is 2. The smallest absolute Gasteiger partial charge is 0.341 e. The normalized spacial score (nSPS) is 11.9. The molecule has 0 saturated heterocycles. The topological polar surface area (TPSA) is 209 Å². The number of benzene rings is 2. The number of anilines is 2. The average Bonchev–Trinajstić information content (AvgIpc) is 2.94. The molecule has 0 bridgehead atoms. The molecule has 1 heterocycles. The molecule has 13 heteroatoms. The van der Waals surface area contributed by atoms with Crippen LogP contribution < -0.4 is 25.8 Å². The van der Waals surface area contributed by atoms with Crippen LogP contribution in [-0.4, -0.2) is 63.0 Å². The average molecular weight is 540 g/mol. The lowest BCUT2D eigenvalue weighted by Gasteiger charge is -2.19. The Morgan fingerprint density at radius 3 is 2.54 bits per heavy atom. The summed E-state index contributed by atoms with van der Waals surface area (Å²) in [6.45, 7) is 0.793. The molecule has 1 atom stereocenters. The molecular formula is C26H29N5O8. The van der Waals surface area contributed by atoms with Gasteiger partial charge in [-0.3, -0.25) is 4.79 Å². The second kappa shape index (κ2) is 13.6. The molecule has 206 valence electrons. The van der Waals surface area contributed by atoms with Crippen molar-refractivity contribution in [3.8, 4) is 11.5 Å². The van der Waals surface area contributed by atoms with Gasteiger partial charge in [0.1, 0.15) is 11.9 Å². The summed E-state index contributed by atoms with van der Waals surface area (Å²) < 4.78 is 11.1. The molecule has 0 radical (unpaired) electrons. The number of aliphatic hydroxyl groups is 2. The number of carbonyl (C=O) groups is 2. The Morgan fingerprint density at radius 2 is 1.90 bits per heavy atom. The predicted molar refractivity (Wildman–Crippen MR) is 141 cm³/mol. The van der Waals surface area contributed by atoms with Crippen LogP contribution >= 0.6 is 0 Å². The summed E-state index contributed by atoms with van der Waals surface area (Å²) in [4.78, 5) is 28.4. The van der Waals surface area contributed by atoms with E-state index in [4.69, 9.17) is 25.5 Å². The lowest BCUT2D eigenvalue weighted by atomic mass is 10.0. The van der Waals surface area contributed by atoms with E-state index in [1.807, 2.05) is 0 Å². The second-order valence-electron chi connectivity index (χ2n) is 8.09. The number of ether oxygens (including phenoxy) is 2. The Kier molecular flexibility index (Phi) is 10.0. The molecule has 0 fully saturated rings. The van der Waals surface area contributed by atoms with Crippen molar-refractivity contribution in [1.29, 1.82) is 0 Å². The number of rotatable bonds is 13. The number of carboxylic acids is 1. The van der Waals surface area contributed by atoms with Crippen molar-refractivity contribution < 1.29 is 39.6 Å². The van der Waals surface area contributed by atoms with E-state index in [-0.39, 0.29) is 41.9 Å². The van der Waals surface area contributed by atoms with Gasteiger partial charge >= 0.3 is 5.97 Å². The minimum absolute atomic E-state index is 0.00672. The van der Waals surface area contributed by atoms with Gasteiger partial charge in [0.15, 0.2) is 23.9 Å². The molecule has 0 saturated carbocycles. The Morgan fingerprint density at radius 1 is 1.15 bits per heavy atom. The Hall–Kier alpha value is -4.88. The number of carboxylic acid groups (broad SMARTS) is 1. The first-order chi connectivity index (χ1) is 18.8. The fourth-order valence-corrected chi connectivity index (χ4v) is 3.56. The van der Waals surface area contributed by atoms with Gasteiger partial charge in [-0.25, -0.2) is 9.78 Å². The molecule has 3 aromatic rings. The van der Waals surface area contributed by atoms with Crippen LogP contribution in [0.25, 0.3) is 0 Å². The van der Waals surface area contributed by atoms with Gasteiger partial charge in [0, 0.05) is 29.6 Å². The molecule has 13 nitrogen and oxygen atoms in total. The molecule has 1 amide bonds. The largest absolute Gasteiger partial charge is 0.490 e. The number of aromatic nitrogens is 1. The van der Waals surface area contributed by atoms with Crippen LogP contribution in [0, 0.1) is 0 Å². The Labute approximate surface area is 223 Å². The van der Waals surface area contributed by atoms with Gasteiger partial charge in [0.2, 0.25) is 0 Å². The molecule has 0 aliphatic rings. The minimum Gasteiger partial charge on any atom is -0.490 e. The van der Waals surface area contributed by atoms with Crippen molar-refractivity contribution in [1.82, 2.24) is 4.98 Å². The minimum atomic E-state index is -1.21. The first-order valence-corrected chi connectivity index (χ1v) is 11.8. The van der Waals surface area contributed by atoms with E-state index >= 15 is 0 Å². The molecule has 0 aliphatic carbocycles. The summed E-state index contributed by atoms with van der Waals surface area (Å²) in [5, 5.41) is 46.3. The van der Waals surface area contributed by atoms with Crippen LogP contribution in [0.3, 0.4) is 0 Å². The number of amidine groups is 1. The maximum absolute atomic E-state index is 13.0. The van der Waals surface area contributed by atoms with Gasteiger partial charge in [-0.05, 0) is 61.0 Å². The Bertz CT molecular complexity index is 1330. The summed E-state index contributed by atoms with van der Waals surface area (Å²) in [5.41, 5.74) is 7.44. The standard InChI is InChI=1S/C26H29N5O8/c1-2-38-21-11-16(20(33)13-32)10-17(23(21)39-14-22(34)35)12-29-25-19(4-3-9-28-25)26(36)30-18-7-5-15(6-8-18)24(27)31-37/h3-11,20,32-33,37H,2,12-14H2,1H3,(H2,27,31)(H,28,29)(H,30,36)(H,34,35). The molecule has 1 unspecified atom stereocenters. The molecule has 1 aromatic heterocycles. The van der Waals surface area contributed by atoms with Gasteiger partial charge in [0.05, 0.1) is 18.8 Å². The fourth-order valence-electron chi connectivity index (χ4n) is 3.56. The summed E-state index contributed by atoms with van der Waals surface area (Å²) in [6, 6.07) is 12.5. The number of aliphatic carboxylic acids is 1. The number of amides is 1. The number of pyridine rings is 1. The van der Waals surface area contributed by atoms with Crippen molar-refractivity contribution in [2.24, 2.45) is 10.9 Å². The molecule has 0 aliphatic heterocycles. The molecule has 3 rings (SSSR count). The van der Waals surface area contributed by atoms with E-state index < -0.39 is 31.2 Å². The van der Waals surface area contributed by atoms with E-state index in [0.717, 1.165) is 0 Å². The van der Waals surface area contributed by atoms with Crippen LogP contribution in [0.1, 0.15) is 40.1 Å². The van der Waals surface area contributed by atoms with E-state index in [1.165, 1.54) is 12.3 Å². The SMILES string of the molecule is CCOc1cc(C(O)CO)cc(CNc2ncccc2C(=O)Nc2ccc(/C(N)=N/O)cc2)c1OCC(=O)O. The third-order valence-electron chi connectivity index (χ3n) is 5.40. The summed E-state index contributed by atoms with van der Waals surface area (Å²) >= 11 is 0. The van der Waals surface area contributed by atoms with Crippen LogP contribution in [-0.2, 0) is 11.3 Å². The van der Waals surface area contributed by atoms with Gasteiger partial charge in [-0.1, -0.05) is 5.16 Å². The van der Waals surface area contributed by atoms with Crippen LogP contribution in [0.2, 0.25) is 0 Å². The molecule has 0 spiro atoms. The highest BCUT2D eigenvalue weighted by molar-refractivity contribution is 6.07. The van der Waals surface area contributed by atoms with Gasteiger partial charge in [-0.2, -0.15) is 0 Å². The zero-order chi connectivity index (χ0) is 28.4. The lowest BCUT2D eigenvalue weighted by molar-refractivity contribution is -0.139. The number of hydrogen-bond acceptors (Lipinski definition) is 10. The van der Waals surface area contributed by atoms with E-state index in [2.05, 4.69) is 20.8 Å². The van der Waals surface area contributed by atoms with E-state index in [9.17, 15) is 19.8 Å². The maximum Gasteiger partial charge on any atom is 0.341 e. The van der Waals surface area contributed by atoms with E-state index in [1.54, 1.807) is 49.4 Å². The summed E-state index contributed by atoms with van der Waals surface area (Å²) in [6.07, 6.45) is 0.280. The number of nitrogens with one attached hydrogen (secondary N) is 2. The van der Waals surface area contributed by atoms with Crippen molar-refractivity contribution in [3.63, 3.8) is 0 Å². The third kappa shape index (κ3) is 7.56. The highest BCUT2D eigenvalue weighted by Crippen LogP contribution is 2.36. The Balaban J connectivity index is 1.87. The van der Waals surface area contributed by atoms with Crippen LogP contribution in [0.5, 0.6) is 11.5 Å². The van der Waals surface area contributed by atoms with Crippen molar-refractivity contribution in [2.75, 3.05) is 30.5 Å². The van der Waals surface area contributed by atoms with Crippen molar-refractivity contribution in [3.05, 3.63) is 77.0 Å². The van der Waals surface area contributed by atoms with Crippen molar-refractivity contribution in [2.45, 2.75) is 19.6 Å². The lowest BCUT2D eigenvalue weighted by Crippen LogP contribution is -2.17. The molecule has 39 heavy (non-hydrogen) atoms. The predicted octanol–water partition coefficient (Wildman–Crippen LogP) is 1.93. The second-order valence-corrected chi connectivity index (χ2v) is 8.09. The van der Waals surface area contributed by atoms with Crippen molar-refractivity contribution >= 4 is 29.2 Å². The molecule has 2 aromatic carbocycles. The van der Waals surface area contributed by atoms with Gasteiger partial charge in [0.25, 0.3) is 5.91 Å². The van der Waals surface area contributed by atoms with Gasteiger partial charge < -0.3 is 46.4 Å². The highest BCUT2D eigenvalue weighted by Gasteiger charge is 2.20. The summed E-state index contributed by atoms with van der Waals surface area (Å²) in [7, 11) is 0. The molecular weight excluding hydrogens is 510 g/mol. The first-order valence-electron chi connectivity index (χ1n) is 11.8. The zero-order valence-electron chi connectivity index (χ0n) is 21.0. The maximum atomic E-state index is 13.0. The van der Waals surface area contributed by atoms with E-state index in [0.29, 0.717) is 22.4 Å². The number of carbonyl (C=O) groups excluding carboxylic acids is 1. The fraction of sp³-hybridized carbons (Fsp3) is 0.231. The van der Waals surface area contributed by atoms with Crippen LogP contribution in [0.4, 0.5) is 11.5 Å². The van der Waals surface area contributed by atoms with Crippen LogP contribution in [0.15, 0.2) is 59.9 Å². The quantitative estimate of drug-likeness (QED) is 0.0722. The third-order valence-corrected chi connectivity index (χ3v) is 5.40. The first kappa shape index (κ1) is 28.7. The van der Waals surface area contributed by atoms with Gasteiger partial charge in [-0.15, -0.1) is 0 Å². The number of oxime groups is 1. The number of nitrogens with zero attached hydrogens (tertiary/aromatic N) is 2. The number of nitrogens with two attached hydrogens (primary N) is 1. The number of hydrogen-bond donors (Lipinski definition) is 7.